The van der Waals surface area contributed by atoms with Crippen LogP contribution < -0.4 is 16.2 Å². The maximum absolute atomic E-state index is 12.0. The van der Waals surface area contributed by atoms with Gasteiger partial charge in [0.2, 0.25) is 0 Å². The monoisotopic (exact) mass is 329 g/mol. The Morgan fingerprint density at radius 3 is 2.32 bits per heavy atom. The van der Waals surface area contributed by atoms with Crippen molar-refractivity contribution in [2.24, 2.45) is 11.5 Å². The summed E-state index contributed by atoms with van der Waals surface area (Å²) in [6, 6.07) is 4.74. The van der Waals surface area contributed by atoms with Crippen molar-refractivity contribution in [1.82, 2.24) is 4.72 Å². The molecule has 0 heterocycles. The summed E-state index contributed by atoms with van der Waals surface area (Å²) in [6.45, 7) is 0.446. The van der Waals surface area contributed by atoms with Crippen molar-refractivity contribution >= 4 is 21.9 Å². The van der Waals surface area contributed by atoms with E-state index in [1.165, 1.54) is 12.1 Å². The largest absolute Gasteiger partial charge is 0.481 e. The predicted molar refractivity (Wildman–Crippen MR) is 79.4 cm³/mol. The summed E-state index contributed by atoms with van der Waals surface area (Å²) in [4.78, 5) is 22.0. The Kier molecular flexibility index (Phi) is 6.47. The van der Waals surface area contributed by atoms with Crippen LogP contribution in [0.4, 0.5) is 0 Å². The second-order valence-corrected chi connectivity index (χ2v) is 6.37. The molecule has 0 aliphatic heterocycles. The lowest BCUT2D eigenvalue weighted by atomic mass is 10.1. The van der Waals surface area contributed by atoms with E-state index in [1.54, 1.807) is 12.1 Å². The van der Waals surface area contributed by atoms with Gasteiger partial charge in [0, 0.05) is 6.42 Å². The predicted octanol–water partition coefficient (Wildman–Crippen LogP) is -0.815. The Hall–Kier alpha value is -1.97. The minimum atomic E-state index is -4.03. The van der Waals surface area contributed by atoms with Gasteiger partial charge in [-0.25, -0.2) is 13.1 Å². The highest BCUT2D eigenvalue weighted by atomic mass is 32.2. The maximum Gasteiger partial charge on any atom is 0.303 e. The summed E-state index contributed by atoms with van der Waals surface area (Å²) < 4.78 is 25.9. The zero-order valence-corrected chi connectivity index (χ0v) is 12.7. The van der Waals surface area contributed by atoms with Crippen LogP contribution in [0.25, 0.3) is 0 Å². The van der Waals surface area contributed by atoms with Crippen molar-refractivity contribution in [3.8, 4) is 0 Å². The number of sulfonamides is 1. The smallest absolute Gasteiger partial charge is 0.303 e. The van der Waals surface area contributed by atoms with Gasteiger partial charge in [0.25, 0.3) is 15.9 Å². The molecule has 6 N–H and O–H groups in total. The molecule has 8 nitrogen and oxygen atoms in total. The number of nitrogens with one attached hydrogen (secondary N) is 1. The standard InChI is InChI=1S/C13H19N3O5S/c14-8-7-9-1-3-10(4-2-9)22(20,21)16-13(19)11(15)5-6-12(17)18/h1-4,11H,5-8,14-15H2,(H,16,19)(H,17,18). The van der Waals surface area contributed by atoms with Crippen LogP contribution in [0.1, 0.15) is 18.4 Å². The molecular weight excluding hydrogens is 310 g/mol. The van der Waals surface area contributed by atoms with Crippen LogP contribution in [-0.2, 0) is 26.0 Å². The van der Waals surface area contributed by atoms with Crippen LogP contribution >= 0.6 is 0 Å². The van der Waals surface area contributed by atoms with E-state index in [9.17, 15) is 18.0 Å². The molecule has 0 radical (unpaired) electrons. The van der Waals surface area contributed by atoms with E-state index in [-0.39, 0.29) is 17.7 Å². The van der Waals surface area contributed by atoms with E-state index >= 15 is 0 Å². The van der Waals surface area contributed by atoms with E-state index in [0.717, 1.165) is 5.56 Å². The number of rotatable bonds is 8. The normalized spacial score (nSPS) is 12.6. The summed E-state index contributed by atoms with van der Waals surface area (Å²) in [7, 11) is -4.03. The van der Waals surface area contributed by atoms with E-state index in [2.05, 4.69) is 0 Å². The molecule has 1 unspecified atom stereocenters. The van der Waals surface area contributed by atoms with E-state index in [1.807, 2.05) is 4.72 Å². The van der Waals surface area contributed by atoms with Gasteiger partial charge in [-0.3, -0.25) is 9.59 Å². The average Bonchev–Trinajstić information content (AvgIpc) is 2.45. The summed E-state index contributed by atoms with van der Waals surface area (Å²) >= 11 is 0. The first-order chi connectivity index (χ1) is 10.3. The first-order valence-corrected chi connectivity index (χ1v) is 8.07. The number of amides is 1. The molecule has 1 aromatic rings. The van der Waals surface area contributed by atoms with Gasteiger partial charge in [-0.1, -0.05) is 12.1 Å². The minimum Gasteiger partial charge on any atom is -0.481 e. The van der Waals surface area contributed by atoms with Crippen molar-refractivity contribution in [2.75, 3.05) is 6.54 Å². The van der Waals surface area contributed by atoms with Gasteiger partial charge in [0.1, 0.15) is 0 Å². The van der Waals surface area contributed by atoms with Crippen LogP contribution in [0, 0.1) is 0 Å². The van der Waals surface area contributed by atoms with Crippen LogP contribution in [-0.4, -0.2) is 38.0 Å². The van der Waals surface area contributed by atoms with Gasteiger partial charge in [-0.15, -0.1) is 0 Å². The van der Waals surface area contributed by atoms with Crippen molar-refractivity contribution < 1.29 is 23.1 Å². The highest BCUT2D eigenvalue weighted by Gasteiger charge is 2.22. The van der Waals surface area contributed by atoms with Crippen molar-refractivity contribution in [3.05, 3.63) is 29.8 Å². The molecule has 1 atom stereocenters. The van der Waals surface area contributed by atoms with Crippen LogP contribution in [0.5, 0.6) is 0 Å². The fourth-order valence-corrected chi connectivity index (χ4v) is 2.71. The van der Waals surface area contributed by atoms with Gasteiger partial charge in [0.15, 0.2) is 0 Å². The Morgan fingerprint density at radius 1 is 1.23 bits per heavy atom. The molecule has 1 rings (SSSR count). The molecule has 0 spiro atoms. The average molecular weight is 329 g/mol. The lowest BCUT2D eigenvalue weighted by Gasteiger charge is -2.12. The SMILES string of the molecule is NCCc1ccc(S(=O)(=O)NC(=O)C(N)CCC(=O)O)cc1. The molecular formula is C13H19N3O5S. The van der Waals surface area contributed by atoms with Gasteiger partial charge in [-0.05, 0) is 37.1 Å². The number of nitrogens with two attached hydrogens (primary N) is 2. The number of carboxylic acids is 1. The minimum absolute atomic E-state index is 0.0768. The number of benzene rings is 1. The lowest BCUT2D eigenvalue weighted by molar-refractivity contribution is -0.137. The summed E-state index contributed by atoms with van der Waals surface area (Å²) in [5.41, 5.74) is 11.7. The third-order valence-corrected chi connectivity index (χ3v) is 4.27. The van der Waals surface area contributed by atoms with Gasteiger partial charge < -0.3 is 16.6 Å². The number of hydrogen-bond acceptors (Lipinski definition) is 6. The molecule has 22 heavy (non-hydrogen) atoms. The zero-order valence-electron chi connectivity index (χ0n) is 11.9. The van der Waals surface area contributed by atoms with Crippen LogP contribution in [0.15, 0.2) is 29.2 Å². The topological polar surface area (TPSA) is 153 Å². The highest BCUT2D eigenvalue weighted by Crippen LogP contribution is 2.11. The summed E-state index contributed by atoms with van der Waals surface area (Å²) in [6.07, 6.45) is 0.154. The van der Waals surface area contributed by atoms with E-state index < -0.39 is 27.9 Å². The maximum atomic E-state index is 12.0. The van der Waals surface area contributed by atoms with Crippen molar-refractivity contribution in [3.63, 3.8) is 0 Å². The van der Waals surface area contributed by atoms with Gasteiger partial charge in [-0.2, -0.15) is 0 Å². The summed E-state index contributed by atoms with van der Waals surface area (Å²) in [5.74, 6) is -2.05. The number of carbonyl (C=O) groups excluding carboxylic acids is 1. The fourth-order valence-electron chi connectivity index (χ4n) is 1.68. The van der Waals surface area contributed by atoms with Crippen LogP contribution in [0.2, 0.25) is 0 Å². The second kappa shape index (κ2) is 7.87. The lowest BCUT2D eigenvalue weighted by Crippen LogP contribution is -2.43. The molecule has 0 saturated carbocycles. The van der Waals surface area contributed by atoms with Crippen LogP contribution in [0.3, 0.4) is 0 Å². The van der Waals surface area contributed by atoms with E-state index in [0.29, 0.717) is 13.0 Å². The number of aliphatic carboxylic acids is 1. The number of hydrogen-bond donors (Lipinski definition) is 4. The first-order valence-electron chi connectivity index (χ1n) is 6.59. The molecule has 9 heteroatoms. The summed E-state index contributed by atoms with van der Waals surface area (Å²) in [5, 5.41) is 8.51. The van der Waals surface area contributed by atoms with E-state index in [4.69, 9.17) is 16.6 Å². The second-order valence-electron chi connectivity index (χ2n) is 4.69. The molecule has 122 valence electrons. The molecule has 1 amide bonds. The molecule has 1 aromatic carbocycles. The molecule has 0 aromatic heterocycles. The van der Waals surface area contributed by atoms with Gasteiger partial charge >= 0.3 is 5.97 Å². The quantitative estimate of drug-likeness (QED) is 0.486. The Bertz CT molecular complexity index is 628. The first kappa shape index (κ1) is 18.1. The van der Waals surface area contributed by atoms with Crippen molar-refractivity contribution in [2.45, 2.75) is 30.2 Å². The Labute approximate surface area is 128 Å². The molecule has 0 saturated heterocycles. The number of carbonyl (C=O) groups is 2. The third kappa shape index (κ3) is 5.43. The fraction of sp³-hybridized carbons (Fsp3) is 0.385. The third-order valence-electron chi connectivity index (χ3n) is 2.91. The molecule has 0 fully saturated rings. The Balaban J connectivity index is 2.73. The van der Waals surface area contributed by atoms with Gasteiger partial charge in [0.05, 0.1) is 10.9 Å². The molecule has 0 aliphatic rings. The Morgan fingerprint density at radius 2 is 1.82 bits per heavy atom. The molecule has 0 bridgehead atoms. The van der Waals surface area contributed by atoms with Crippen molar-refractivity contribution in [1.29, 1.82) is 0 Å². The zero-order chi connectivity index (χ0) is 16.8. The molecule has 0 aliphatic carbocycles. The highest BCUT2D eigenvalue weighted by molar-refractivity contribution is 7.90. The number of carboxylic acid groups (broad SMARTS) is 1.